The molecule has 0 fully saturated rings. The molecule has 1 N–H and O–H groups in total. The highest BCUT2D eigenvalue weighted by molar-refractivity contribution is 6.42. The maximum absolute atomic E-state index is 13.5. The highest BCUT2D eigenvalue weighted by Crippen LogP contribution is 2.40. The smallest absolute Gasteiger partial charge is 0.347 e. The Hall–Kier alpha value is -3.31. The summed E-state index contributed by atoms with van der Waals surface area (Å²) >= 11 is 11.6. The lowest BCUT2D eigenvalue weighted by atomic mass is 9.98. The van der Waals surface area contributed by atoms with Crippen LogP contribution in [0.5, 0.6) is 0 Å². The molecule has 0 radical (unpaired) electrons. The van der Waals surface area contributed by atoms with Crippen LogP contribution in [0.3, 0.4) is 0 Å². The Morgan fingerprint density at radius 3 is 2.11 bits per heavy atom. The van der Waals surface area contributed by atoms with E-state index in [-0.39, 0.29) is 22.3 Å². The van der Waals surface area contributed by atoms with Crippen molar-refractivity contribution in [3.63, 3.8) is 0 Å². The van der Waals surface area contributed by atoms with Gasteiger partial charge in [0.15, 0.2) is 0 Å². The van der Waals surface area contributed by atoms with Crippen LogP contribution >= 0.6 is 23.2 Å². The molecule has 0 aliphatic rings. The third-order valence-electron chi connectivity index (χ3n) is 5.24. The van der Waals surface area contributed by atoms with Gasteiger partial charge in [0.2, 0.25) is 5.91 Å². The molecule has 37 heavy (non-hydrogen) atoms. The minimum Gasteiger partial charge on any atom is -0.347 e. The maximum atomic E-state index is 13.5. The topological polar surface area (TPSA) is 62.3 Å². The third kappa shape index (κ3) is 6.34. The number of nitrogens with zero attached hydrogens (tertiary/aromatic N) is 2. The summed E-state index contributed by atoms with van der Waals surface area (Å²) < 4.78 is 79.3. The Morgan fingerprint density at radius 2 is 1.57 bits per heavy atom. The van der Waals surface area contributed by atoms with Crippen LogP contribution in [-0.4, -0.2) is 35.8 Å². The molecule has 3 rings (SSSR count). The highest BCUT2D eigenvalue weighted by Gasteiger charge is 2.37. The van der Waals surface area contributed by atoms with Gasteiger partial charge in [-0.1, -0.05) is 35.3 Å². The molecule has 1 aromatic heterocycles. The molecule has 5 nitrogen and oxygen atoms in total. The van der Waals surface area contributed by atoms with Gasteiger partial charge < -0.3 is 10.2 Å². The fourth-order valence-corrected chi connectivity index (χ4v) is 3.85. The van der Waals surface area contributed by atoms with Gasteiger partial charge in [0.1, 0.15) is 6.04 Å². The lowest BCUT2D eigenvalue weighted by Gasteiger charge is -2.24. The first-order chi connectivity index (χ1) is 17.1. The number of likely N-dealkylation sites (N-methyl/N-ethyl adjacent to an activating group) is 1. The van der Waals surface area contributed by atoms with Crippen LogP contribution in [0.25, 0.3) is 11.1 Å². The van der Waals surface area contributed by atoms with Gasteiger partial charge in [-0.05, 0) is 47.0 Å². The van der Waals surface area contributed by atoms with E-state index in [9.17, 15) is 35.9 Å². The van der Waals surface area contributed by atoms with Gasteiger partial charge in [-0.3, -0.25) is 14.6 Å². The Kier molecular flexibility index (Phi) is 8.09. The van der Waals surface area contributed by atoms with Crippen molar-refractivity contribution in [2.45, 2.75) is 18.4 Å². The van der Waals surface area contributed by atoms with E-state index in [1.54, 1.807) is 0 Å². The number of nitrogens with one attached hydrogen (secondary N) is 1. The van der Waals surface area contributed by atoms with Gasteiger partial charge >= 0.3 is 12.4 Å². The van der Waals surface area contributed by atoms with E-state index in [1.165, 1.54) is 26.4 Å². The summed E-state index contributed by atoms with van der Waals surface area (Å²) in [5.41, 5.74) is -2.18. The molecule has 2 amide bonds. The van der Waals surface area contributed by atoms with Gasteiger partial charge in [0.25, 0.3) is 5.91 Å². The van der Waals surface area contributed by atoms with E-state index in [2.05, 4.69) is 10.3 Å². The zero-order valence-electron chi connectivity index (χ0n) is 19.0. The molecule has 0 saturated carbocycles. The molecule has 0 aliphatic carbocycles. The van der Waals surface area contributed by atoms with Crippen LogP contribution in [0.2, 0.25) is 10.0 Å². The Labute approximate surface area is 217 Å². The van der Waals surface area contributed by atoms with Gasteiger partial charge in [-0.2, -0.15) is 26.3 Å². The van der Waals surface area contributed by atoms with Gasteiger partial charge in [-0.25, -0.2) is 0 Å². The first kappa shape index (κ1) is 28.3. The van der Waals surface area contributed by atoms with Crippen molar-refractivity contribution in [1.82, 2.24) is 15.2 Å². The van der Waals surface area contributed by atoms with Crippen molar-refractivity contribution in [2.75, 3.05) is 14.1 Å². The summed E-state index contributed by atoms with van der Waals surface area (Å²) in [6, 6.07) is 5.40. The van der Waals surface area contributed by atoms with Crippen LogP contribution in [0.4, 0.5) is 26.3 Å². The number of alkyl halides is 6. The molecule has 0 unspecified atom stereocenters. The molecular formula is C24H17Cl2F6N3O2. The lowest BCUT2D eigenvalue weighted by Crippen LogP contribution is -2.40. The van der Waals surface area contributed by atoms with E-state index >= 15 is 0 Å². The van der Waals surface area contributed by atoms with E-state index in [4.69, 9.17) is 23.2 Å². The van der Waals surface area contributed by atoms with Gasteiger partial charge in [0, 0.05) is 26.5 Å². The molecule has 0 aliphatic heterocycles. The van der Waals surface area contributed by atoms with Crippen molar-refractivity contribution >= 4 is 35.0 Å². The standard InChI is InChI=1S/C24H17Cl2F6N3O2/c1-35(2)22(37)20(13-9-17(24(30,31)32)19(26)18(25)10-13)34-21(36)16-11-33-8-7-15(16)12-3-5-14(6-4-12)23(27,28)29/h3-11,20H,1-2H3,(H,34,36)/t20-/m0/s1. The SMILES string of the molecule is CN(C)C(=O)[C@@H](NC(=O)c1cnccc1-c1ccc(C(F)(F)F)cc1)c1cc(Cl)c(Cl)c(C(F)(F)F)c1. The molecular weight excluding hydrogens is 547 g/mol. The fraction of sp³-hybridized carbons (Fsp3) is 0.208. The summed E-state index contributed by atoms with van der Waals surface area (Å²) in [6.07, 6.45) is -7.03. The predicted molar refractivity (Wildman–Crippen MR) is 125 cm³/mol. The van der Waals surface area contributed by atoms with Crippen LogP contribution in [0, 0.1) is 0 Å². The first-order valence-corrected chi connectivity index (χ1v) is 11.1. The number of halogens is 8. The fourth-order valence-electron chi connectivity index (χ4n) is 3.40. The quantitative estimate of drug-likeness (QED) is 0.353. The van der Waals surface area contributed by atoms with Crippen molar-refractivity contribution in [2.24, 2.45) is 0 Å². The molecule has 13 heteroatoms. The minimum atomic E-state index is -4.90. The monoisotopic (exact) mass is 563 g/mol. The summed E-state index contributed by atoms with van der Waals surface area (Å²) in [6.45, 7) is 0. The molecule has 0 saturated heterocycles. The van der Waals surface area contributed by atoms with Gasteiger partial charge in [0.05, 0.1) is 26.7 Å². The Morgan fingerprint density at radius 1 is 0.946 bits per heavy atom. The molecule has 0 bridgehead atoms. The first-order valence-electron chi connectivity index (χ1n) is 10.3. The normalized spacial score (nSPS) is 12.7. The molecule has 3 aromatic rings. The maximum Gasteiger partial charge on any atom is 0.417 e. The van der Waals surface area contributed by atoms with Crippen molar-refractivity contribution in [3.05, 3.63) is 87.2 Å². The number of rotatable bonds is 5. The molecule has 196 valence electrons. The number of amides is 2. The second-order valence-electron chi connectivity index (χ2n) is 8.00. The number of pyridine rings is 1. The number of benzene rings is 2. The number of aromatic nitrogens is 1. The van der Waals surface area contributed by atoms with E-state index < -0.39 is 51.4 Å². The number of carbonyl (C=O) groups is 2. The number of carbonyl (C=O) groups excluding carboxylic acids is 2. The van der Waals surface area contributed by atoms with Crippen molar-refractivity contribution in [1.29, 1.82) is 0 Å². The van der Waals surface area contributed by atoms with Crippen molar-refractivity contribution < 1.29 is 35.9 Å². The zero-order valence-corrected chi connectivity index (χ0v) is 20.5. The Balaban J connectivity index is 2.04. The lowest BCUT2D eigenvalue weighted by molar-refractivity contribution is -0.138. The molecule has 0 spiro atoms. The summed E-state index contributed by atoms with van der Waals surface area (Å²) in [5, 5.41) is 1.13. The van der Waals surface area contributed by atoms with Crippen LogP contribution < -0.4 is 5.32 Å². The Bertz CT molecular complexity index is 1330. The van der Waals surface area contributed by atoms with Crippen molar-refractivity contribution in [3.8, 4) is 11.1 Å². The van der Waals surface area contributed by atoms with Crippen LogP contribution in [-0.2, 0) is 17.1 Å². The molecule has 1 atom stereocenters. The summed E-state index contributed by atoms with van der Waals surface area (Å²) in [5.74, 6) is -1.69. The second-order valence-corrected chi connectivity index (χ2v) is 8.78. The van der Waals surface area contributed by atoms with Gasteiger partial charge in [-0.15, -0.1) is 0 Å². The van der Waals surface area contributed by atoms with Crippen LogP contribution in [0.1, 0.15) is 33.1 Å². The highest BCUT2D eigenvalue weighted by atomic mass is 35.5. The number of hydrogen-bond donors (Lipinski definition) is 1. The summed E-state index contributed by atoms with van der Waals surface area (Å²) in [4.78, 5) is 31.0. The predicted octanol–water partition coefficient (Wildman–Crippen LogP) is 6.65. The molecule has 2 aromatic carbocycles. The average Bonchev–Trinajstić information content (AvgIpc) is 2.82. The van der Waals surface area contributed by atoms with E-state index in [0.717, 1.165) is 41.4 Å². The summed E-state index contributed by atoms with van der Waals surface area (Å²) in [7, 11) is 2.67. The van der Waals surface area contributed by atoms with Crippen LogP contribution in [0.15, 0.2) is 54.9 Å². The average molecular weight is 564 g/mol. The molecule has 1 heterocycles. The second kappa shape index (κ2) is 10.6. The number of hydrogen-bond acceptors (Lipinski definition) is 3. The third-order valence-corrected chi connectivity index (χ3v) is 6.04. The minimum absolute atomic E-state index is 0.130. The van der Waals surface area contributed by atoms with E-state index in [0.29, 0.717) is 6.07 Å². The van der Waals surface area contributed by atoms with E-state index in [1.807, 2.05) is 0 Å². The zero-order chi connectivity index (χ0) is 27.7. The largest absolute Gasteiger partial charge is 0.417 e.